The molecule has 0 aliphatic rings. The predicted molar refractivity (Wildman–Crippen MR) is 78.2 cm³/mol. The summed E-state index contributed by atoms with van der Waals surface area (Å²) >= 11 is 0. The minimum Gasteiger partial charge on any atom is -0.491 e. The van der Waals surface area contributed by atoms with Crippen LogP contribution in [0.4, 0.5) is 5.69 Å². The van der Waals surface area contributed by atoms with Gasteiger partial charge in [0.1, 0.15) is 5.75 Å². The van der Waals surface area contributed by atoms with Crippen molar-refractivity contribution < 1.29 is 14.3 Å². The molecule has 0 N–H and O–H groups in total. The zero-order valence-electron chi connectivity index (χ0n) is 11.4. The molecule has 5 heteroatoms. The van der Waals surface area contributed by atoms with E-state index in [0.29, 0.717) is 12.2 Å². The minimum absolute atomic E-state index is 0.00330. The van der Waals surface area contributed by atoms with E-state index in [-0.39, 0.29) is 17.0 Å². The highest BCUT2D eigenvalue weighted by Gasteiger charge is 2.19. The van der Waals surface area contributed by atoms with Crippen molar-refractivity contribution in [2.24, 2.45) is 5.18 Å². The van der Waals surface area contributed by atoms with Gasteiger partial charge in [-0.2, -0.15) is 0 Å². The van der Waals surface area contributed by atoms with Crippen molar-refractivity contribution in [1.82, 2.24) is 0 Å². The van der Waals surface area contributed by atoms with Crippen molar-refractivity contribution in [2.75, 3.05) is 6.61 Å². The zero-order chi connectivity index (χ0) is 15.2. The van der Waals surface area contributed by atoms with E-state index in [1.807, 2.05) is 0 Å². The van der Waals surface area contributed by atoms with Crippen LogP contribution in [0, 0.1) is 4.91 Å². The molecule has 0 atom stereocenters. The molecule has 0 saturated heterocycles. The SMILES string of the molecule is CCOc1ccc(C(=O)C(=O)c2ccccc2)cc1N=O. The number of hydrogen-bond donors (Lipinski definition) is 0. The van der Waals surface area contributed by atoms with Crippen molar-refractivity contribution in [2.45, 2.75) is 6.92 Å². The van der Waals surface area contributed by atoms with Crippen molar-refractivity contribution in [1.29, 1.82) is 0 Å². The van der Waals surface area contributed by atoms with Gasteiger partial charge >= 0.3 is 0 Å². The monoisotopic (exact) mass is 283 g/mol. The first-order chi connectivity index (χ1) is 10.2. The fourth-order valence-corrected chi connectivity index (χ4v) is 1.86. The lowest BCUT2D eigenvalue weighted by atomic mass is 10.0. The van der Waals surface area contributed by atoms with Crippen LogP contribution in [-0.2, 0) is 0 Å². The Kier molecular flexibility index (Phi) is 4.56. The second kappa shape index (κ2) is 6.56. The normalized spacial score (nSPS) is 9.95. The third-order valence-electron chi connectivity index (χ3n) is 2.86. The summed E-state index contributed by atoms with van der Waals surface area (Å²) in [5, 5.41) is 2.83. The fourth-order valence-electron chi connectivity index (χ4n) is 1.86. The van der Waals surface area contributed by atoms with E-state index in [0.717, 1.165) is 0 Å². The lowest BCUT2D eigenvalue weighted by Crippen LogP contribution is -2.14. The van der Waals surface area contributed by atoms with Gasteiger partial charge in [-0.15, -0.1) is 4.91 Å². The van der Waals surface area contributed by atoms with Gasteiger partial charge in [-0.3, -0.25) is 9.59 Å². The van der Waals surface area contributed by atoms with Crippen molar-refractivity contribution in [3.05, 3.63) is 64.6 Å². The van der Waals surface area contributed by atoms with Gasteiger partial charge in [0.05, 0.1) is 6.61 Å². The maximum Gasteiger partial charge on any atom is 0.233 e. The number of rotatable bonds is 6. The molecule has 0 bridgehead atoms. The lowest BCUT2D eigenvalue weighted by molar-refractivity contribution is 0.0817. The van der Waals surface area contributed by atoms with Crippen molar-refractivity contribution in [3.8, 4) is 5.75 Å². The summed E-state index contributed by atoms with van der Waals surface area (Å²) in [4.78, 5) is 35.0. The number of Topliss-reactive ketones (excluding diaryl/α,β-unsaturated/α-hetero) is 2. The molecule has 0 fully saturated rings. The Labute approximate surface area is 121 Å². The molecule has 0 spiro atoms. The van der Waals surface area contributed by atoms with Crippen LogP contribution in [0.3, 0.4) is 0 Å². The van der Waals surface area contributed by atoms with Crippen LogP contribution < -0.4 is 4.74 Å². The molecule has 5 nitrogen and oxygen atoms in total. The average Bonchev–Trinajstić information content (AvgIpc) is 2.55. The van der Waals surface area contributed by atoms with E-state index in [1.54, 1.807) is 37.3 Å². The van der Waals surface area contributed by atoms with Crippen LogP contribution >= 0.6 is 0 Å². The molecule has 0 radical (unpaired) electrons. The number of carbonyl (C=O) groups is 2. The molecule has 0 saturated carbocycles. The molecule has 2 aromatic rings. The molecule has 0 aliphatic heterocycles. The van der Waals surface area contributed by atoms with Gasteiger partial charge in [-0.25, -0.2) is 0 Å². The van der Waals surface area contributed by atoms with Gasteiger partial charge in [0.15, 0.2) is 5.69 Å². The van der Waals surface area contributed by atoms with Crippen LogP contribution in [0.25, 0.3) is 0 Å². The molecule has 0 unspecified atom stereocenters. The maximum atomic E-state index is 12.1. The summed E-state index contributed by atoms with van der Waals surface area (Å²) in [6.45, 7) is 2.14. The number of benzene rings is 2. The Morgan fingerprint density at radius 3 is 2.29 bits per heavy atom. The van der Waals surface area contributed by atoms with Gasteiger partial charge in [0, 0.05) is 11.1 Å². The van der Waals surface area contributed by atoms with E-state index in [1.165, 1.54) is 18.2 Å². The quantitative estimate of drug-likeness (QED) is 0.461. The van der Waals surface area contributed by atoms with Crippen LogP contribution in [0.15, 0.2) is 53.7 Å². The summed E-state index contributed by atoms with van der Waals surface area (Å²) in [6, 6.07) is 12.4. The summed E-state index contributed by atoms with van der Waals surface area (Å²) in [5.74, 6) is -1.03. The van der Waals surface area contributed by atoms with Gasteiger partial charge in [-0.05, 0) is 30.3 Å². The number of nitrogens with zero attached hydrogens (tertiary/aromatic N) is 1. The minimum atomic E-state index is -0.686. The van der Waals surface area contributed by atoms with Gasteiger partial charge in [0.2, 0.25) is 11.6 Å². The number of nitroso groups, excluding NO2 is 1. The van der Waals surface area contributed by atoms with E-state index in [9.17, 15) is 14.5 Å². The standard InChI is InChI=1S/C16H13NO4/c1-2-21-14-9-8-12(10-13(14)17-20)16(19)15(18)11-6-4-3-5-7-11/h3-10H,2H2,1H3. The summed E-state index contributed by atoms with van der Waals surface area (Å²) < 4.78 is 5.22. The molecule has 2 rings (SSSR count). The Hall–Kier alpha value is -2.82. The van der Waals surface area contributed by atoms with Crippen LogP contribution in [0.1, 0.15) is 27.6 Å². The third kappa shape index (κ3) is 3.20. The summed E-state index contributed by atoms with van der Waals surface area (Å²) in [6.07, 6.45) is 0. The van der Waals surface area contributed by atoms with Crippen LogP contribution in [0.2, 0.25) is 0 Å². The van der Waals surface area contributed by atoms with Gasteiger partial charge in [-0.1, -0.05) is 30.3 Å². The van der Waals surface area contributed by atoms with E-state index < -0.39 is 11.6 Å². The molecule has 0 amide bonds. The first-order valence-corrected chi connectivity index (χ1v) is 6.41. The van der Waals surface area contributed by atoms with Gasteiger partial charge in [0.25, 0.3) is 0 Å². The highest BCUT2D eigenvalue weighted by molar-refractivity contribution is 6.49. The molecule has 0 aromatic heterocycles. The average molecular weight is 283 g/mol. The summed E-state index contributed by atoms with van der Waals surface area (Å²) in [7, 11) is 0. The predicted octanol–water partition coefficient (Wildman–Crippen LogP) is 3.55. The smallest absolute Gasteiger partial charge is 0.233 e. The van der Waals surface area contributed by atoms with Crippen LogP contribution in [0.5, 0.6) is 5.75 Å². The highest BCUT2D eigenvalue weighted by atomic mass is 16.5. The third-order valence-corrected chi connectivity index (χ3v) is 2.86. The Morgan fingerprint density at radius 1 is 1.00 bits per heavy atom. The molecular weight excluding hydrogens is 270 g/mol. The zero-order valence-corrected chi connectivity index (χ0v) is 11.4. The Balaban J connectivity index is 2.31. The molecule has 0 aliphatic carbocycles. The number of hydrogen-bond acceptors (Lipinski definition) is 5. The van der Waals surface area contributed by atoms with Crippen LogP contribution in [-0.4, -0.2) is 18.2 Å². The largest absolute Gasteiger partial charge is 0.491 e. The second-order valence-corrected chi connectivity index (χ2v) is 4.23. The highest BCUT2D eigenvalue weighted by Crippen LogP contribution is 2.29. The number of ketones is 2. The first kappa shape index (κ1) is 14.6. The molecule has 106 valence electrons. The fraction of sp³-hybridized carbons (Fsp3) is 0.125. The summed E-state index contributed by atoms with van der Waals surface area (Å²) in [5.41, 5.74) is 0.419. The molecule has 21 heavy (non-hydrogen) atoms. The topological polar surface area (TPSA) is 72.8 Å². The van der Waals surface area contributed by atoms with E-state index in [4.69, 9.17) is 4.74 Å². The maximum absolute atomic E-state index is 12.1. The molecule has 0 heterocycles. The first-order valence-electron chi connectivity index (χ1n) is 6.41. The van der Waals surface area contributed by atoms with Crippen molar-refractivity contribution in [3.63, 3.8) is 0 Å². The molecular formula is C16H13NO4. The lowest BCUT2D eigenvalue weighted by Gasteiger charge is -2.06. The van der Waals surface area contributed by atoms with E-state index >= 15 is 0 Å². The second-order valence-electron chi connectivity index (χ2n) is 4.23. The van der Waals surface area contributed by atoms with Crippen molar-refractivity contribution >= 4 is 17.3 Å². The van der Waals surface area contributed by atoms with Gasteiger partial charge < -0.3 is 4.74 Å². The Bertz CT molecular complexity index is 680. The molecule has 2 aromatic carbocycles. The Morgan fingerprint density at radius 2 is 1.67 bits per heavy atom. The number of carbonyl (C=O) groups excluding carboxylic acids is 2. The van der Waals surface area contributed by atoms with E-state index in [2.05, 4.69) is 5.18 Å². The number of ether oxygens (including phenoxy) is 1.